The standard InChI is InChI=1S/C13H18ClN5/c1-8-7-18(2)4-3-11(8)19-12-10(17-13(19)15)5-9(14)6-16-12/h5-6,8,11H,3-4,7H2,1-2H3,(H2,15,17). The molecule has 2 aromatic heterocycles. The van der Waals surface area contributed by atoms with Crippen molar-refractivity contribution in [2.75, 3.05) is 25.9 Å². The van der Waals surface area contributed by atoms with E-state index in [-0.39, 0.29) is 0 Å². The molecular weight excluding hydrogens is 262 g/mol. The maximum absolute atomic E-state index is 6.09. The third-order valence-electron chi connectivity index (χ3n) is 3.92. The highest BCUT2D eigenvalue weighted by atomic mass is 35.5. The molecule has 3 heterocycles. The lowest BCUT2D eigenvalue weighted by atomic mass is 9.94. The second-order valence-electron chi connectivity index (χ2n) is 5.43. The highest BCUT2D eigenvalue weighted by Crippen LogP contribution is 2.32. The van der Waals surface area contributed by atoms with Gasteiger partial charge in [0.2, 0.25) is 5.95 Å². The molecule has 0 amide bonds. The molecule has 2 atom stereocenters. The van der Waals surface area contributed by atoms with Crippen LogP contribution >= 0.6 is 11.6 Å². The van der Waals surface area contributed by atoms with E-state index in [1.165, 1.54) is 0 Å². The van der Waals surface area contributed by atoms with Gasteiger partial charge in [0.15, 0.2) is 5.65 Å². The van der Waals surface area contributed by atoms with Crippen molar-refractivity contribution in [2.45, 2.75) is 19.4 Å². The fourth-order valence-electron chi connectivity index (χ4n) is 3.03. The molecule has 1 aliphatic rings. The van der Waals surface area contributed by atoms with E-state index in [4.69, 9.17) is 17.3 Å². The lowest BCUT2D eigenvalue weighted by molar-refractivity contribution is 0.162. The van der Waals surface area contributed by atoms with Crippen LogP contribution in [-0.2, 0) is 0 Å². The first-order chi connectivity index (χ1) is 9.06. The number of halogens is 1. The van der Waals surface area contributed by atoms with Crippen molar-refractivity contribution in [3.8, 4) is 0 Å². The van der Waals surface area contributed by atoms with E-state index in [0.29, 0.717) is 22.9 Å². The number of rotatable bonds is 1. The van der Waals surface area contributed by atoms with Gasteiger partial charge < -0.3 is 10.6 Å². The van der Waals surface area contributed by atoms with E-state index in [2.05, 4.69) is 33.4 Å². The van der Waals surface area contributed by atoms with Gasteiger partial charge >= 0.3 is 0 Å². The number of nitrogens with zero attached hydrogens (tertiary/aromatic N) is 4. The number of hydrogen-bond donors (Lipinski definition) is 1. The van der Waals surface area contributed by atoms with E-state index < -0.39 is 0 Å². The van der Waals surface area contributed by atoms with Gasteiger partial charge in [0.05, 0.1) is 5.02 Å². The summed E-state index contributed by atoms with van der Waals surface area (Å²) in [5.41, 5.74) is 7.70. The van der Waals surface area contributed by atoms with Crippen LogP contribution in [0.4, 0.5) is 5.95 Å². The highest BCUT2D eigenvalue weighted by Gasteiger charge is 2.28. The van der Waals surface area contributed by atoms with Gasteiger partial charge in [-0.3, -0.25) is 4.57 Å². The molecule has 2 aromatic rings. The molecule has 1 aliphatic heterocycles. The normalized spacial score (nSPS) is 25.0. The molecule has 2 N–H and O–H groups in total. The number of aromatic nitrogens is 3. The van der Waals surface area contributed by atoms with Crippen molar-refractivity contribution in [3.05, 3.63) is 17.3 Å². The van der Waals surface area contributed by atoms with Crippen LogP contribution in [0.5, 0.6) is 0 Å². The first-order valence-electron chi connectivity index (χ1n) is 6.53. The van der Waals surface area contributed by atoms with Crippen molar-refractivity contribution >= 4 is 28.7 Å². The molecule has 1 fully saturated rings. The summed E-state index contributed by atoms with van der Waals surface area (Å²) in [6.45, 7) is 4.39. The lowest BCUT2D eigenvalue weighted by Gasteiger charge is -2.35. The van der Waals surface area contributed by atoms with Crippen LogP contribution in [-0.4, -0.2) is 39.6 Å². The third kappa shape index (κ3) is 2.17. The predicted octanol–water partition coefficient (Wildman–Crippen LogP) is 2.18. The largest absolute Gasteiger partial charge is 0.369 e. The summed E-state index contributed by atoms with van der Waals surface area (Å²) in [4.78, 5) is 11.1. The molecule has 2 unspecified atom stereocenters. The van der Waals surface area contributed by atoms with Crippen LogP contribution < -0.4 is 5.73 Å². The summed E-state index contributed by atoms with van der Waals surface area (Å²) in [5.74, 6) is 1.06. The van der Waals surface area contributed by atoms with Gasteiger partial charge in [-0.25, -0.2) is 9.97 Å². The Kier molecular flexibility index (Phi) is 3.11. The molecule has 6 heteroatoms. The molecule has 0 radical (unpaired) electrons. The molecule has 0 saturated carbocycles. The molecular formula is C13H18ClN5. The van der Waals surface area contributed by atoms with Gasteiger partial charge in [-0.2, -0.15) is 0 Å². The maximum atomic E-state index is 6.09. The Labute approximate surface area is 117 Å². The Hall–Kier alpha value is -1.33. The number of anilines is 1. The monoisotopic (exact) mass is 279 g/mol. The van der Waals surface area contributed by atoms with E-state index in [0.717, 1.165) is 30.7 Å². The zero-order valence-electron chi connectivity index (χ0n) is 11.2. The molecule has 5 nitrogen and oxygen atoms in total. The van der Waals surface area contributed by atoms with Gasteiger partial charge in [0.1, 0.15) is 5.52 Å². The Morgan fingerprint density at radius 3 is 3.00 bits per heavy atom. The topological polar surface area (TPSA) is 60.0 Å². The van der Waals surface area contributed by atoms with Gasteiger partial charge in [0.25, 0.3) is 0 Å². The summed E-state index contributed by atoms with van der Waals surface area (Å²) < 4.78 is 2.07. The molecule has 3 rings (SSSR count). The summed E-state index contributed by atoms with van der Waals surface area (Å²) in [6.07, 6.45) is 2.72. The SMILES string of the molecule is CC1CN(C)CCC1n1c(N)nc2cc(Cl)cnc21. The van der Waals surface area contributed by atoms with Crippen molar-refractivity contribution in [1.82, 2.24) is 19.4 Å². The fourth-order valence-corrected chi connectivity index (χ4v) is 3.18. The van der Waals surface area contributed by atoms with Crippen LogP contribution in [0.1, 0.15) is 19.4 Å². The molecule has 1 saturated heterocycles. The quantitative estimate of drug-likeness (QED) is 0.869. The Morgan fingerprint density at radius 2 is 2.26 bits per heavy atom. The van der Waals surface area contributed by atoms with Crippen molar-refractivity contribution < 1.29 is 0 Å². The van der Waals surface area contributed by atoms with E-state index in [1.807, 2.05) is 6.07 Å². The first-order valence-corrected chi connectivity index (χ1v) is 6.91. The number of likely N-dealkylation sites (tertiary alicyclic amines) is 1. The Balaban J connectivity index is 2.07. The van der Waals surface area contributed by atoms with Crippen LogP contribution in [0.25, 0.3) is 11.2 Å². The summed E-state index contributed by atoms with van der Waals surface area (Å²) >= 11 is 5.95. The van der Waals surface area contributed by atoms with Crippen LogP contribution in [0.15, 0.2) is 12.3 Å². The van der Waals surface area contributed by atoms with Crippen molar-refractivity contribution in [1.29, 1.82) is 0 Å². The van der Waals surface area contributed by atoms with Gasteiger partial charge in [-0.05, 0) is 32.0 Å². The van der Waals surface area contributed by atoms with Crippen LogP contribution in [0, 0.1) is 5.92 Å². The zero-order chi connectivity index (χ0) is 13.6. The highest BCUT2D eigenvalue weighted by molar-refractivity contribution is 6.31. The maximum Gasteiger partial charge on any atom is 0.202 e. The number of pyridine rings is 1. The van der Waals surface area contributed by atoms with Gasteiger partial charge in [-0.15, -0.1) is 0 Å². The van der Waals surface area contributed by atoms with E-state index in [9.17, 15) is 0 Å². The molecule has 0 aliphatic carbocycles. The minimum atomic E-state index is 0.356. The average Bonchev–Trinajstić information content (AvgIpc) is 2.65. The summed E-state index contributed by atoms with van der Waals surface area (Å²) in [5, 5.41) is 0.591. The smallest absolute Gasteiger partial charge is 0.202 e. The number of imidazole rings is 1. The first kappa shape index (κ1) is 12.7. The molecule has 0 aromatic carbocycles. The number of nitrogens with two attached hydrogens (primary N) is 1. The number of fused-ring (bicyclic) bond motifs is 1. The van der Waals surface area contributed by atoms with Gasteiger partial charge in [0, 0.05) is 18.8 Å². The van der Waals surface area contributed by atoms with Crippen LogP contribution in [0.3, 0.4) is 0 Å². The van der Waals surface area contributed by atoms with Crippen molar-refractivity contribution in [3.63, 3.8) is 0 Å². The minimum absolute atomic E-state index is 0.356. The van der Waals surface area contributed by atoms with E-state index in [1.54, 1.807) is 6.20 Å². The molecule has 0 bridgehead atoms. The Bertz CT molecular complexity index is 608. The minimum Gasteiger partial charge on any atom is -0.369 e. The number of piperidine rings is 1. The lowest BCUT2D eigenvalue weighted by Crippen LogP contribution is -2.38. The second kappa shape index (κ2) is 4.65. The third-order valence-corrected chi connectivity index (χ3v) is 4.13. The average molecular weight is 280 g/mol. The van der Waals surface area contributed by atoms with Crippen LogP contribution in [0.2, 0.25) is 5.02 Å². The van der Waals surface area contributed by atoms with Gasteiger partial charge in [-0.1, -0.05) is 18.5 Å². The molecule has 19 heavy (non-hydrogen) atoms. The second-order valence-corrected chi connectivity index (χ2v) is 5.87. The fraction of sp³-hybridized carbons (Fsp3) is 0.538. The summed E-state index contributed by atoms with van der Waals surface area (Å²) in [6, 6.07) is 2.17. The van der Waals surface area contributed by atoms with Crippen molar-refractivity contribution in [2.24, 2.45) is 5.92 Å². The zero-order valence-corrected chi connectivity index (χ0v) is 11.9. The predicted molar refractivity (Wildman–Crippen MR) is 77.3 cm³/mol. The molecule has 0 spiro atoms. The van der Waals surface area contributed by atoms with E-state index >= 15 is 0 Å². The Morgan fingerprint density at radius 1 is 1.47 bits per heavy atom. The number of hydrogen-bond acceptors (Lipinski definition) is 4. The number of nitrogen functional groups attached to an aromatic ring is 1. The molecule has 102 valence electrons. The summed E-state index contributed by atoms with van der Waals surface area (Å²) in [7, 11) is 2.15.